The molecular formula is C12H19N3O2. The van der Waals surface area contributed by atoms with Crippen molar-refractivity contribution in [3.8, 4) is 0 Å². The van der Waals surface area contributed by atoms with Crippen LogP contribution in [-0.2, 0) is 11.3 Å². The summed E-state index contributed by atoms with van der Waals surface area (Å²) in [5.41, 5.74) is 6.22. The van der Waals surface area contributed by atoms with Crippen molar-refractivity contribution in [2.75, 3.05) is 13.2 Å². The van der Waals surface area contributed by atoms with Gasteiger partial charge >= 0.3 is 5.69 Å². The molecule has 2 fully saturated rings. The lowest BCUT2D eigenvalue weighted by Gasteiger charge is -2.17. The van der Waals surface area contributed by atoms with E-state index >= 15 is 0 Å². The maximum absolute atomic E-state index is 12.0. The molecule has 5 heteroatoms. The third-order valence-corrected chi connectivity index (χ3v) is 3.79. The Bertz CT molecular complexity index is 441. The molecule has 3 rings (SSSR count). The van der Waals surface area contributed by atoms with Crippen molar-refractivity contribution in [3.63, 3.8) is 0 Å². The second kappa shape index (κ2) is 4.31. The van der Waals surface area contributed by atoms with Crippen LogP contribution in [0, 0.1) is 5.92 Å². The summed E-state index contributed by atoms with van der Waals surface area (Å²) >= 11 is 0. The first-order valence-electron chi connectivity index (χ1n) is 6.36. The highest BCUT2D eigenvalue weighted by Gasteiger charge is 2.27. The fraction of sp³-hybridized carbons (Fsp3) is 0.750. The van der Waals surface area contributed by atoms with Crippen LogP contribution in [0.15, 0.2) is 17.2 Å². The van der Waals surface area contributed by atoms with E-state index in [-0.39, 0.29) is 11.7 Å². The first-order chi connectivity index (χ1) is 8.25. The zero-order valence-electron chi connectivity index (χ0n) is 9.92. The Labute approximate surface area is 100 Å². The van der Waals surface area contributed by atoms with Crippen LogP contribution in [0.1, 0.15) is 25.3 Å². The Kier molecular flexibility index (Phi) is 2.80. The Morgan fingerprint density at radius 3 is 2.88 bits per heavy atom. The van der Waals surface area contributed by atoms with Crippen LogP contribution in [0.2, 0.25) is 0 Å². The molecule has 1 aromatic rings. The van der Waals surface area contributed by atoms with Crippen LogP contribution in [0.3, 0.4) is 0 Å². The first kappa shape index (κ1) is 11.0. The van der Waals surface area contributed by atoms with Crippen molar-refractivity contribution < 1.29 is 4.74 Å². The van der Waals surface area contributed by atoms with Gasteiger partial charge in [-0.25, -0.2) is 4.79 Å². The molecule has 2 atom stereocenters. The van der Waals surface area contributed by atoms with E-state index in [9.17, 15) is 4.79 Å². The predicted octanol–water partition coefficient (Wildman–Crippen LogP) is 0.348. The number of hydrogen-bond acceptors (Lipinski definition) is 3. The number of ether oxygens (including phenoxy) is 1. The molecule has 1 aliphatic heterocycles. The van der Waals surface area contributed by atoms with Gasteiger partial charge in [0.05, 0.1) is 6.61 Å². The van der Waals surface area contributed by atoms with Gasteiger partial charge in [-0.05, 0) is 19.3 Å². The van der Waals surface area contributed by atoms with Gasteiger partial charge in [0.1, 0.15) is 0 Å². The number of hydrogen-bond donors (Lipinski definition) is 1. The fourth-order valence-corrected chi connectivity index (χ4v) is 2.46. The summed E-state index contributed by atoms with van der Waals surface area (Å²) in [5, 5.41) is 0. The monoisotopic (exact) mass is 237 g/mol. The van der Waals surface area contributed by atoms with Crippen LogP contribution in [0.5, 0.6) is 0 Å². The van der Waals surface area contributed by atoms with Gasteiger partial charge in [0.25, 0.3) is 0 Å². The molecule has 1 saturated carbocycles. The third-order valence-electron chi connectivity index (χ3n) is 3.79. The van der Waals surface area contributed by atoms with Gasteiger partial charge in [0, 0.05) is 43.5 Å². The molecule has 94 valence electrons. The molecule has 2 N–H and O–H groups in total. The number of nitrogens with two attached hydrogens (primary N) is 1. The van der Waals surface area contributed by atoms with Crippen molar-refractivity contribution in [2.45, 2.75) is 37.9 Å². The summed E-state index contributed by atoms with van der Waals surface area (Å²) in [4.78, 5) is 12.0. The van der Waals surface area contributed by atoms with Crippen molar-refractivity contribution in [1.82, 2.24) is 9.13 Å². The van der Waals surface area contributed by atoms with Gasteiger partial charge in [-0.3, -0.25) is 9.13 Å². The van der Waals surface area contributed by atoms with E-state index < -0.39 is 0 Å². The number of imidazole rings is 1. The SMILES string of the molecule is NC(Cn1ccn(C2CC2)c1=O)C1CCOC1. The van der Waals surface area contributed by atoms with E-state index in [0.29, 0.717) is 18.5 Å². The van der Waals surface area contributed by atoms with Gasteiger partial charge in [0.15, 0.2) is 0 Å². The van der Waals surface area contributed by atoms with Gasteiger partial charge in [-0.2, -0.15) is 0 Å². The minimum atomic E-state index is 0.0188. The molecule has 1 saturated heterocycles. The van der Waals surface area contributed by atoms with Crippen molar-refractivity contribution in [2.24, 2.45) is 11.7 Å². The molecule has 0 radical (unpaired) electrons. The average molecular weight is 237 g/mol. The Balaban J connectivity index is 1.69. The van der Waals surface area contributed by atoms with Crippen LogP contribution in [-0.4, -0.2) is 28.4 Å². The molecule has 0 spiro atoms. The zero-order chi connectivity index (χ0) is 11.8. The molecule has 0 aromatic carbocycles. The third kappa shape index (κ3) is 2.17. The summed E-state index contributed by atoms with van der Waals surface area (Å²) < 4.78 is 8.90. The molecule has 2 heterocycles. The molecule has 1 aromatic heterocycles. The average Bonchev–Trinajstić information content (AvgIpc) is 2.89. The first-order valence-corrected chi connectivity index (χ1v) is 6.36. The molecule has 5 nitrogen and oxygen atoms in total. The summed E-state index contributed by atoms with van der Waals surface area (Å²) in [7, 11) is 0. The molecule has 2 aliphatic rings. The lowest BCUT2D eigenvalue weighted by Crippen LogP contribution is -2.38. The van der Waals surface area contributed by atoms with E-state index in [1.165, 1.54) is 0 Å². The van der Waals surface area contributed by atoms with E-state index in [1.54, 1.807) is 4.57 Å². The Hall–Kier alpha value is -1.07. The molecule has 17 heavy (non-hydrogen) atoms. The van der Waals surface area contributed by atoms with Crippen molar-refractivity contribution in [1.29, 1.82) is 0 Å². The smallest absolute Gasteiger partial charge is 0.328 e. The highest BCUT2D eigenvalue weighted by atomic mass is 16.5. The Morgan fingerprint density at radius 1 is 1.41 bits per heavy atom. The summed E-state index contributed by atoms with van der Waals surface area (Å²) in [5.74, 6) is 0.395. The highest BCUT2D eigenvalue weighted by Crippen LogP contribution is 2.33. The van der Waals surface area contributed by atoms with Gasteiger partial charge in [0.2, 0.25) is 0 Å². The van der Waals surface area contributed by atoms with Crippen LogP contribution < -0.4 is 11.4 Å². The quantitative estimate of drug-likeness (QED) is 0.822. The molecule has 0 amide bonds. The minimum absolute atomic E-state index is 0.0188. The topological polar surface area (TPSA) is 62.2 Å². The highest BCUT2D eigenvalue weighted by molar-refractivity contribution is 4.92. The van der Waals surface area contributed by atoms with Gasteiger partial charge in [-0.15, -0.1) is 0 Å². The van der Waals surface area contributed by atoms with Gasteiger partial charge in [-0.1, -0.05) is 0 Å². The maximum Gasteiger partial charge on any atom is 0.328 e. The van der Waals surface area contributed by atoms with Gasteiger partial charge < -0.3 is 10.5 Å². The van der Waals surface area contributed by atoms with Crippen LogP contribution >= 0.6 is 0 Å². The summed E-state index contributed by atoms with van der Waals surface area (Å²) in [6, 6.07) is 0.458. The summed E-state index contributed by atoms with van der Waals surface area (Å²) in [6.45, 7) is 2.14. The lowest BCUT2D eigenvalue weighted by atomic mass is 10.00. The number of nitrogens with zero attached hydrogens (tertiary/aromatic N) is 2. The second-order valence-corrected chi connectivity index (χ2v) is 5.16. The van der Waals surface area contributed by atoms with E-state index in [2.05, 4.69) is 0 Å². The maximum atomic E-state index is 12.0. The fourth-order valence-electron chi connectivity index (χ4n) is 2.46. The van der Waals surface area contributed by atoms with E-state index in [1.807, 2.05) is 17.0 Å². The predicted molar refractivity (Wildman–Crippen MR) is 63.9 cm³/mol. The molecule has 0 bridgehead atoms. The summed E-state index contributed by atoms with van der Waals surface area (Å²) in [6.07, 6.45) is 7.02. The normalized spacial score (nSPS) is 26.3. The van der Waals surface area contributed by atoms with Crippen molar-refractivity contribution in [3.05, 3.63) is 22.9 Å². The number of aromatic nitrogens is 2. The second-order valence-electron chi connectivity index (χ2n) is 5.16. The number of rotatable bonds is 4. The van der Waals surface area contributed by atoms with Crippen LogP contribution in [0.4, 0.5) is 0 Å². The largest absolute Gasteiger partial charge is 0.381 e. The molecule has 2 unspecified atom stereocenters. The molecule has 1 aliphatic carbocycles. The van der Waals surface area contributed by atoms with Crippen molar-refractivity contribution >= 4 is 0 Å². The zero-order valence-corrected chi connectivity index (χ0v) is 9.92. The van der Waals surface area contributed by atoms with E-state index in [0.717, 1.165) is 32.5 Å². The standard InChI is InChI=1S/C12H19N3O2/c13-11(9-3-6-17-8-9)7-14-4-5-15(12(14)16)10-1-2-10/h4-5,9-11H,1-3,6-8,13H2. The lowest BCUT2D eigenvalue weighted by molar-refractivity contribution is 0.178. The van der Waals surface area contributed by atoms with E-state index in [4.69, 9.17) is 10.5 Å². The minimum Gasteiger partial charge on any atom is -0.381 e. The Morgan fingerprint density at radius 2 is 2.24 bits per heavy atom. The molecular weight excluding hydrogens is 218 g/mol. The van der Waals surface area contributed by atoms with Crippen LogP contribution in [0.25, 0.3) is 0 Å².